The number of nitrogens with zero attached hydrogens (tertiary/aromatic N) is 2. The minimum Gasteiger partial charge on any atom is -0.417 e. The van der Waals surface area contributed by atoms with Crippen LogP contribution in [0.25, 0.3) is 11.3 Å². The van der Waals surface area contributed by atoms with Crippen molar-refractivity contribution in [3.63, 3.8) is 0 Å². The fourth-order valence-electron chi connectivity index (χ4n) is 2.38. The van der Waals surface area contributed by atoms with Gasteiger partial charge in [-0.1, -0.05) is 57.5 Å². The Morgan fingerprint density at radius 2 is 1.60 bits per heavy atom. The summed E-state index contributed by atoms with van der Waals surface area (Å²) < 4.78 is 6.22. The number of rotatable bonds is 8. The molecule has 2 aromatic rings. The van der Waals surface area contributed by atoms with E-state index in [-0.39, 0.29) is 0 Å². The van der Waals surface area contributed by atoms with Crippen molar-refractivity contribution in [1.29, 1.82) is 0 Å². The van der Waals surface area contributed by atoms with Crippen LogP contribution in [0.4, 0.5) is 0 Å². The highest BCUT2D eigenvalue weighted by atomic mass is 28.4. The number of aromatic nitrogens is 2. The molecule has 0 aliphatic carbocycles. The van der Waals surface area contributed by atoms with Crippen molar-refractivity contribution in [2.45, 2.75) is 64.6 Å². The molecule has 0 aliphatic rings. The molecule has 136 valence electrons. The van der Waals surface area contributed by atoms with Crippen molar-refractivity contribution in [3.8, 4) is 11.3 Å². The van der Waals surface area contributed by atoms with Crippen molar-refractivity contribution >= 4 is 8.32 Å². The fourth-order valence-corrected chi connectivity index (χ4v) is 3.47. The Bertz CT molecular complexity index is 633. The van der Waals surface area contributed by atoms with Gasteiger partial charge in [-0.3, -0.25) is 0 Å². The minimum absolute atomic E-state index is 0.295. The third-order valence-electron chi connectivity index (χ3n) is 5.14. The van der Waals surface area contributed by atoms with E-state index in [4.69, 9.17) is 4.43 Å². The Balaban J connectivity index is 1.69. The molecule has 0 saturated heterocycles. The van der Waals surface area contributed by atoms with E-state index in [0.29, 0.717) is 5.04 Å². The van der Waals surface area contributed by atoms with Gasteiger partial charge in [0.25, 0.3) is 0 Å². The van der Waals surface area contributed by atoms with Crippen LogP contribution in [0.3, 0.4) is 0 Å². The van der Waals surface area contributed by atoms with Gasteiger partial charge in [-0.15, -0.1) is 0 Å². The van der Waals surface area contributed by atoms with Crippen molar-refractivity contribution in [1.82, 2.24) is 10.2 Å². The van der Waals surface area contributed by atoms with Crippen molar-refractivity contribution in [2.24, 2.45) is 0 Å². The lowest BCUT2D eigenvalue weighted by Gasteiger charge is -2.36. The minimum atomic E-state index is -1.59. The van der Waals surface area contributed by atoms with Crippen LogP contribution < -0.4 is 0 Å². The van der Waals surface area contributed by atoms with E-state index in [9.17, 15) is 0 Å². The number of benzene rings is 1. The first kappa shape index (κ1) is 19.8. The largest absolute Gasteiger partial charge is 0.417 e. The molecule has 25 heavy (non-hydrogen) atoms. The summed E-state index contributed by atoms with van der Waals surface area (Å²) in [5, 5.41) is 9.02. The van der Waals surface area contributed by atoms with Crippen molar-refractivity contribution in [2.75, 3.05) is 6.61 Å². The summed E-state index contributed by atoms with van der Waals surface area (Å²) in [4.78, 5) is 0. The molecule has 1 aromatic carbocycles. The maximum absolute atomic E-state index is 6.22. The average Bonchev–Trinajstić information content (AvgIpc) is 2.58. The maximum Gasteiger partial charge on any atom is 0.191 e. The zero-order valence-corrected chi connectivity index (χ0v) is 17.4. The first-order chi connectivity index (χ1) is 11.8. The van der Waals surface area contributed by atoms with Gasteiger partial charge in [0.05, 0.1) is 11.4 Å². The Kier molecular flexibility index (Phi) is 6.91. The second-order valence-corrected chi connectivity index (χ2v) is 13.0. The highest BCUT2D eigenvalue weighted by Crippen LogP contribution is 2.36. The quantitative estimate of drug-likeness (QED) is 0.438. The van der Waals surface area contributed by atoms with Gasteiger partial charge in [0.1, 0.15) is 0 Å². The number of unbranched alkanes of at least 4 members (excludes halogenated alkanes) is 2. The summed E-state index contributed by atoms with van der Waals surface area (Å²) in [7, 11) is -1.59. The van der Waals surface area contributed by atoms with Gasteiger partial charge >= 0.3 is 0 Å². The summed E-state index contributed by atoms with van der Waals surface area (Å²) in [6.07, 6.45) is 4.43. The monoisotopic (exact) mass is 356 g/mol. The van der Waals surface area contributed by atoms with E-state index < -0.39 is 8.32 Å². The molecule has 3 nitrogen and oxygen atoms in total. The van der Waals surface area contributed by atoms with Crippen LogP contribution in [0.1, 0.15) is 45.7 Å². The van der Waals surface area contributed by atoms with Crippen LogP contribution >= 0.6 is 0 Å². The van der Waals surface area contributed by atoms with Gasteiger partial charge < -0.3 is 4.43 Å². The molecule has 1 heterocycles. The summed E-state index contributed by atoms with van der Waals surface area (Å²) in [5.74, 6) is 0. The van der Waals surface area contributed by atoms with Gasteiger partial charge in [-0.25, -0.2) is 0 Å². The summed E-state index contributed by atoms with van der Waals surface area (Å²) in [5.41, 5.74) is 3.13. The molecule has 0 atom stereocenters. The molecule has 2 rings (SSSR count). The standard InChI is InChI=1S/C21H32N2OSi/c1-21(2,3)25(4,5)24-17-11-7-10-14-19-15-16-20(23-22-19)18-12-8-6-9-13-18/h6,8-9,12-13,15-16H,7,10-11,14,17H2,1-5H3. The highest BCUT2D eigenvalue weighted by molar-refractivity contribution is 6.74. The molecule has 0 aliphatic heterocycles. The summed E-state index contributed by atoms with van der Waals surface area (Å²) >= 11 is 0. The van der Waals surface area contributed by atoms with Gasteiger partial charge in [0, 0.05) is 12.2 Å². The van der Waals surface area contributed by atoms with Crippen LogP contribution in [-0.4, -0.2) is 25.1 Å². The molecular weight excluding hydrogens is 324 g/mol. The van der Waals surface area contributed by atoms with Gasteiger partial charge in [0.15, 0.2) is 8.32 Å². The Morgan fingerprint density at radius 3 is 2.20 bits per heavy atom. The van der Waals surface area contributed by atoms with Crippen LogP contribution in [0, 0.1) is 0 Å². The SMILES string of the molecule is CC(C)(C)[Si](C)(C)OCCCCCc1ccc(-c2ccccc2)nn1. The number of aryl methyl sites for hydroxylation is 1. The molecule has 0 radical (unpaired) electrons. The molecule has 0 fully saturated rings. The number of hydrogen-bond donors (Lipinski definition) is 0. The van der Waals surface area contributed by atoms with Crippen molar-refractivity contribution < 1.29 is 4.43 Å². The highest BCUT2D eigenvalue weighted by Gasteiger charge is 2.36. The first-order valence-corrected chi connectivity index (χ1v) is 12.2. The van der Waals surface area contributed by atoms with Crippen LogP contribution in [0.5, 0.6) is 0 Å². The third kappa shape index (κ3) is 6.05. The zero-order chi connectivity index (χ0) is 18.3. The topological polar surface area (TPSA) is 35.0 Å². The van der Waals surface area contributed by atoms with E-state index in [1.54, 1.807) is 0 Å². The summed E-state index contributed by atoms with van der Waals surface area (Å²) in [6, 6.07) is 14.4. The normalized spacial score (nSPS) is 12.4. The lowest BCUT2D eigenvalue weighted by atomic mass is 10.1. The van der Waals surface area contributed by atoms with Gasteiger partial charge in [-0.2, -0.15) is 10.2 Å². The predicted octanol–water partition coefficient (Wildman–Crippen LogP) is 5.88. The van der Waals surface area contributed by atoms with Gasteiger partial charge in [0.2, 0.25) is 0 Å². The zero-order valence-electron chi connectivity index (χ0n) is 16.4. The Hall–Kier alpha value is -1.52. The molecule has 0 bridgehead atoms. The van der Waals surface area contributed by atoms with E-state index in [2.05, 4.69) is 68.3 Å². The smallest absolute Gasteiger partial charge is 0.191 e. The second-order valence-electron chi connectivity index (χ2n) is 8.20. The van der Waals surface area contributed by atoms with Crippen molar-refractivity contribution in [3.05, 3.63) is 48.2 Å². The molecule has 0 spiro atoms. The van der Waals surface area contributed by atoms with Crippen LogP contribution in [0.2, 0.25) is 18.1 Å². The maximum atomic E-state index is 6.22. The molecule has 1 aromatic heterocycles. The summed E-state index contributed by atoms with van der Waals surface area (Å²) in [6.45, 7) is 12.4. The fraction of sp³-hybridized carbons (Fsp3) is 0.524. The van der Waals surface area contributed by atoms with Crippen LogP contribution in [-0.2, 0) is 10.8 Å². The average molecular weight is 357 g/mol. The predicted molar refractivity (Wildman–Crippen MR) is 108 cm³/mol. The van der Waals surface area contributed by atoms with Crippen LogP contribution in [0.15, 0.2) is 42.5 Å². The van der Waals surface area contributed by atoms with E-state index in [0.717, 1.165) is 42.8 Å². The molecule has 0 N–H and O–H groups in total. The van der Waals surface area contributed by atoms with E-state index >= 15 is 0 Å². The lowest BCUT2D eigenvalue weighted by molar-refractivity contribution is 0.278. The van der Waals surface area contributed by atoms with E-state index in [1.807, 2.05) is 18.2 Å². The molecule has 4 heteroatoms. The molecule has 0 unspecified atom stereocenters. The Labute approximate surface area is 154 Å². The first-order valence-electron chi connectivity index (χ1n) is 9.31. The molecule has 0 amide bonds. The Morgan fingerprint density at radius 1 is 0.880 bits per heavy atom. The van der Waals surface area contributed by atoms with E-state index in [1.165, 1.54) is 6.42 Å². The number of hydrogen-bond acceptors (Lipinski definition) is 3. The molecular formula is C21H32N2OSi. The van der Waals surface area contributed by atoms with Gasteiger partial charge in [-0.05, 0) is 49.5 Å². The lowest BCUT2D eigenvalue weighted by Crippen LogP contribution is -2.40. The third-order valence-corrected chi connectivity index (χ3v) is 9.67. The second kappa shape index (κ2) is 8.72. The molecule has 0 saturated carbocycles.